The van der Waals surface area contributed by atoms with Crippen molar-refractivity contribution >= 4 is 17.0 Å². The van der Waals surface area contributed by atoms with Crippen molar-refractivity contribution in [3.63, 3.8) is 0 Å². The van der Waals surface area contributed by atoms with Crippen molar-refractivity contribution in [2.45, 2.75) is 12.3 Å². The van der Waals surface area contributed by atoms with Gasteiger partial charge in [0.05, 0.1) is 0 Å². The Labute approximate surface area is 88.7 Å². The van der Waals surface area contributed by atoms with Gasteiger partial charge in [-0.1, -0.05) is 12.1 Å². The molecule has 0 aliphatic carbocycles. The molecule has 1 aromatic carbocycles. The summed E-state index contributed by atoms with van der Waals surface area (Å²) in [4.78, 5) is 0. The predicted octanol–water partition coefficient (Wildman–Crippen LogP) is 2.05. The second-order valence-corrected chi connectivity index (χ2v) is 3.28. The number of phenolic OH excluding ortho intramolecular Hbond substituents is 1. The minimum absolute atomic E-state index is 0. The third-order valence-electron chi connectivity index (χ3n) is 2.42. The average molecular weight is 244 g/mol. The lowest BCUT2D eigenvalue weighted by atomic mass is 9.99. The van der Waals surface area contributed by atoms with Gasteiger partial charge < -0.3 is 10.4 Å². The van der Waals surface area contributed by atoms with E-state index >= 15 is 0 Å². The van der Waals surface area contributed by atoms with E-state index in [9.17, 15) is 0 Å². The van der Waals surface area contributed by atoms with Gasteiger partial charge in [0.15, 0.2) is 0 Å². The summed E-state index contributed by atoms with van der Waals surface area (Å²) in [6.45, 7) is 2.19. The van der Waals surface area contributed by atoms with Crippen LogP contribution in [0.25, 0.3) is 0 Å². The normalized spacial score (nSPS) is 21.1. The summed E-state index contributed by atoms with van der Waals surface area (Å²) in [5.74, 6) is 0.996. The van der Waals surface area contributed by atoms with E-state index in [4.69, 9.17) is 5.11 Å². The molecule has 0 bridgehead atoms. The van der Waals surface area contributed by atoms with Gasteiger partial charge in [0, 0.05) is 6.54 Å². The molecule has 1 aliphatic rings. The summed E-state index contributed by atoms with van der Waals surface area (Å²) in [5.41, 5.74) is 1.33. The third kappa shape index (κ3) is 2.45. The molecule has 2 rings (SSSR count). The molecule has 0 saturated carbocycles. The van der Waals surface area contributed by atoms with Crippen molar-refractivity contribution in [1.82, 2.24) is 5.32 Å². The van der Waals surface area contributed by atoms with Crippen LogP contribution >= 0.6 is 17.0 Å². The monoisotopic (exact) mass is 243 g/mol. The zero-order chi connectivity index (χ0) is 8.39. The molecular weight excluding hydrogens is 230 g/mol. The number of hydrogen-bond donors (Lipinski definition) is 2. The van der Waals surface area contributed by atoms with Crippen molar-refractivity contribution in [3.8, 4) is 5.75 Å². The second-order valence-electron chi connectivity index (χ2n) is 3.28. The van der Waals surface area contributed by atoms with Crippen LogP contribution < -0.4 is 5.32 Å². The van der Waals surface area contributed by atoms with E-state index in [-0.39, 0.29) is 17.0 Å². The lowest BCUT2D eigenvalue weighted by Crippen LogP contribution is -2.07. The van der Waals surface area contributed by atoms with E-state index in [1.54, 1.807) is 12.1 Å². The Kier molecular flexibility index (Phi) is 3.75. The van der Waals surface area contributed by atoms with Gasteiger partial charge in [0.25, 0.3) is 0 Å². The molecule has 2 N–H and O–H groups in total. The largest absolute Gasteiger partial charge is 0.508 e. The van der Waals surface area contributed by atoms with Crippen molar-refractivity contribution in [2.24, 2.45) is 0 Å². The van der Waals surface area contributed by atoms with Gasteiger partial charge in [-0.3, -0.25) is 0 Å². The Hall–Kier alpha value is -0.540. The number of benzene rings is 1. The molecule has 1 unspecified atom stereocenters. The molecule has 72 valence electrons. The Morgan fingerprint density at radius 1 is 1.23 bits per heavy atom. The Morgan fingerprint density at radius 3 is 2.46 bits per heavy atom. The molecular formula is C10H14BrNO. The zero-order valence-corrected chi connectivity index (χ0v) is 9.08. The van der Waals surface area contributed by atoms with E-state index in [0.29, 0.717) is 11.7 Å². The van der Waals surface area contributed by atoms with Crippen LogP contribution in [0.2, 0.25) is 0 Å². The molecule has 0 amide bonds. The zero-order valence-electron chi connectivity index (χ0n) is 7.36. The van der Waals surface area contributed by atoms with E-state index in [1.807, 2.05) is 12.1 Å². The number of halogens is 1. The summed E-state index contributed by atoms with van der Waals surface area (Å²) < 4.78 is 0. The summed E-state index contributed by atoms with van der Waals surface area (Å²) in [7, 11) is 0. The van der Waals surface area contributed by atoms with Gasteiger partial charge >= 0.3 is 0 Å². The minimum Gasteiger partial charge on any atom is -0.508 e. The predicted molar refractivity (Wildman–Crippen MR) is 58.7 cm³/mol. The lowest BCUT2D eigenvalue weighted by molar-refractivity contribution is 0.475. The van der Waals surface area contributed by atoms with Crippen LogP contribution in [-0.4, -0.2) is 18.2 Å². The van der Waals surface area contributed by atoms with E-state index in [0.717, 1.165) is 13.1 Å². The van der Waals surface area contributed by atoms with Crippen LogP contribution in [0, 0.1) is 0 Å². The Bertz CT molecular complexity index is 254. The van der Waals surface area contributed by atoms with Crippen LogP contribution in [0.5, 0.6) is 5.75 Å². The molecule has 2 nitrogen and oxygen atoms in total. The topological polar surface area (TPSA) is 32.3 Å². The molecule has 1 saturated heterocycles. The Morgan fingerprint density at radius 2 is 1.92 bits per heavy atom. The summed E-state index contributed by atoms with van der Waals surface area (Å²) in [6.07, 6.45) is 1.21. The maximum Gasteiger partial charge on any atom is 0.115 e. The molecule has 1 fully saturated rings. The molecule has 1 atom stereocenters. The Balaban J connectivity index is 0.000000845. The maximum atomic E-state index is 9.08. The minimum atomic E-state index is 0. The molecule has 1 aromatic rings. The standard InChI is InChI=1S/C10H13NO.BrH/c12-10-3-1-8(2-4-10)9-5-6-11-7-9;/h1-4,9,11-12H,5-7H2;1H. The van der Waals surface area contributed by atoms with Crippen LogP contribution in [-0.2, 0) is 0 Å². The van der Waals surface area contributed by atoms with Crippen LogP contribution in [0.1, 0.15) is 17.9 Å². The van der Waals surface area contributed by atoms with Gasteiger partial charge in [-0.25, -0.2) is 0 Å². The maximum absolute atomic E-state index is 9.08. The van der Waals surface area contributed by atoms with Crippen LogP contribution in [0.15, 0.2) is 24.3 Å². The number of phenols is 1. The van der Waals surface area contributed by atoms with Gasteiger partial charge in [-0.2, -0.15) is 0 Å². The van der Waals surface area contributed by atoms with E-state index in [2.05, 4.69) is 5.32 Å². The van der Waals surface area contributed by atoms with E-state index < -0.39 is 0 Å². The van der Waals surface area contributed by atoms with Gasteiger partial charge in [-0.05, 0) is 36.6 Å². The highest BCUT2D eigenvalue weighted by atomic mass is 79.9. The molecule has 3 heteroatoms. The molecule has 0 spiro atoms. The quantitative estimate of drug-likeness (QED) is 0.792. The van der Waals surface area contributed by atoms with Gasteiger partial charge in [0.2, 0.25) is 0 Å². The van der Waals surface area contributed by atoms with Gasteiger partial charge in [-0.15, -0.1) is 17.0 Å². The van der Waals surface area contributed by atoms with Crippen LogP contribution in [0.3, 0.4) is 0 Å². The molecule has 1 aliphatic heterocycles. The molecule has 0 radical (unpaired) electrons. The third-order valence-corrected chi connectivity index (χ3v) is 2.42. The van der Waals surface area contributed by atoms with Gasteiger partial charge in [0.1, 0.15) is 5.75 Å². The fraction of sp³-hybridized carbons (Fsp3) is 0.400. The van der Waals surface area contributed by atoms with Crippen LogP contribution in [0.4, 0.5) is 0 Å². The first-order chi connectivity index (χ1) is 5.86. The van der Waals surface area contributed by atoms with E-state index in [1.165, 1.54) is 12.0 Å². The highest BCUT2D eigenvalue weighted by Crippen LogP contribution is 2.23. The lowest BCUT2D eigenvalue weighted by Gasteiger charge is -2.07. The number of rotatable bonds is 1. The smallest absolute Gasteiger partial charge is 0.115 e. The summed E-state index contributed by atoms with van der Waals surface area (Å²) in [5, 5.41) is 12.4. The van der Waals surface area contributed by atoms with Crippen molar-refractivity contribution < 1.29 is 5.11 Å². The van der Waals surface area contributed by atoms with Crippen molar-refractivity contribution in [1.29, 1.82) is 0 Å². The summed E-state index contributed by atoms with van der Waals surface area (Å²) >= 11 is 0. The van der Waals surface area contributed by atoms with Crippen molar-refractivity contribution in [3.05, 3.63) is 29.8 Å². The number of hydrogen-bond acceptors (Lipinski definition) is 2. The molecule has 1 heterocycles. The fourth-order valence-electron chi connectivity index (χ4n) is 1.69. The summed E-state index contributed by atoms with van der Waals surface area (Å²) in [6, 6.07) is 7.53. The first-order valence-electron chi connectivity index (χ1n) is 4.36. The fourth-order valence-corrected chi connectivity index (χ4v) is 1.69. The first-order valence-corrected chi connectivity index (χ1v) is 4.36. The highest BCUT2D eigenvalue weighted by molar-refractivity contribution is 8.93. The number of aromatic hydroxyl groups is 1. The molecule has 13 heavy (non-hydrogen) atoms. The second kappa shape index (κ2) is 4.63. The van der Waals surface area contributed by atoms with Crippen molar-refractivity contribution in [2.75, 3.05) is 13.1 Å². The first kappa shape index (κ1) is 10.5. The number of nitrogens with one attached hydrogen (secondary N) is 1. The SMILES string of the molecule is Br.Oc1ccc(C2CCNC2)cc1. The highest BCUT2D eigenvalue weighted by Gasteiger charge is 2.15. The molecule has 0 aromatic heterocycles. The average Bonchev–Trinajstić information content (AvgIpc) is 2.58.